The number of nitrogens with zero attached hydrogens (tertiary/aromatic N) is 1. The lowest BCUT2D eigenvalue weighted by Crippen LogP contribution is -2.41. The molecule has 0 unspecified atom stereocenters. The van der Waals surface area contributed by atoms with Crippen molar-refractivity contribution in [2.24, 2.45) is 10.9 Å². The highest BCUT2D eigenvalue weighted by Gasteiger charge is 2.28. The van der Waals surface area contributed by atoms with Crippen molar-refractivity contribution in [1.29, 1.82) is 0 Å². The fraction of sp³-hybridized carbons (Fsp3) is 0.500. The Morgan fingerprint density at radius 3 is 2.59 bits per heavy atom. The van der Waals surface area contributed by atoms with Gasteiger partial charge in [-0.3, -0.25) is 0 Å². The molecule has 0 radical (unpaired) electrons. The Morgan fingerprint density at radius 2 is 1.94 bits per heavy atom. The first-order valence-electron chi connectivity index (χ1n) is 6.19. The van der Waals surface area contributed by atoms with Crippen LogP contribution in [-0.2, 0) is 4.84 Å². The molecule has 1 aromatic rings. The molecule has 0 atom stereocenters. The molecule has 0 spiro atoms. The van der Waals surface area contributed by atoms with Gasteiger partial charge in [0, 0.05) is 5.54 Å². The lowest BCUT2D eigenvalue weighted by molar-refractivity contribution is 0.0203. The van der Waals surface area contributed by atoms with Crippen LogP contribution in [0.2, 0.25) is 0 Å². The van der Waals surface area contributed by atoms with Gasteiger partial charge in [0.15, 0.2) is 0 Å². The zero-order valence-electron chi connectivity index (χ0n) is 10.3. The van der Waals surface area contributed by atoms with Crippen molar-refractivity contribution in [3.8, 4) is 0 Å². The van der Waals surface area contributed by atoms with Gasteiger partial charge >= 0.3 is 0 Å². The van der Waals surface area contributed by atoms with E-state index in [2.05, 4.69) is 12.1 Å². The number of nitrogens with two attached hydrogens (primary N) is 1. The number of hydrogen-bond acceptors (Lipinski definition) is 3. The Kier molecular flexibility index (Phi) is 3.79. The van der Waals surface area contributed by atoms with Crippen molar-refractivity contribution in [3.63, 3.8) is 0 Å². The second-order valence-corrected chi connectivity index (χ2v) is 5.10. The molecule has 0 aliphatic heterocycles. The van der Waals surface area contributed by atoms with E-state index in [4.69, 9.17) is 10.6 Å². The third kappa shape index (κ3) is 3.86. The number of benzene rings is 1. The minimum atomic E-state index is -0.0109. The van der Waals surface area contributed by atoms with E-state index in [1.807, 2.05) is 30.3 Å². The third-order valence-corrected chi connectivity index (χ3v) is 3.29. The SMILES string of the molecule is CC1(N)CCC(O/N=C/c2ccccc2)CC1. The van der Waals surface area contributed by atoms with Crippen molar-refractivity contribution < 1.29 is 4.84 Å². The molecule has 1 aromatic carbocycles. The molecule has 1 aliphatic rings. The molecule has 0 bridgehead atoms. The molecule has 1 saturated carbocycles. The van der Waals surface area contributed by atoms with E-state index in [-0.39, 0.29) is 11.6 Å². The molecule has 3 nitrogen and oxygen atoms in total. The molecule has 3 heteroatoms. The quantitative estimate of drug-likeness (QED) is 0.643. The summed E-state index contributed by atoms with van der Waals surface area (Å²) < 4.78 is 0. The summed E-state index contributed by atoms with van der Waals surface area (Å²) in [5, 5.41) is 4.05. The second-order valence-electron chi connectivity index (χ2n) is 5.10. The maximum Gasteiger partial charge on any atom is 0.127 e. The minimum absolute atomic E-state index is 0.0109. The second kappa shape index (κ2) is 5.32. The van der Waals surface area contributed by atoms with Gasteiger partial charge in [-0.05, 0) is 38.2 Å². The van der Waals surface area contributed by atoms with Crippen molar-refractivity contribution in [2.75, 3.05) is 0 Å². The summed E-state index contributed by atoms with van der Waals surface area (Å²) in [7, 11) is 0. The standard InChI is InChI=1S/C14H20N2O/c1-14(15)9-7-13(8-10-14)17-16-11-12-5-3-2-4-6-12/h2-6,11,13H,7-10,15H2,1H3/b16-11+. The van der Waals surface area contributed by atoms with Gasteiger partial charge < -0.3 is 10.6 Å². The maximum atomic E-state index is 6.07. The molecule has 2 N–H and O–H groups in total. The Labute approximate surface area is 103 Å². The van der Waals surface area contributed by atoms with Crippen LogP contribution >= 0.6 is 0 Å². The number of hydrogen-bond donors (Lipinski definition) is 1. The van der Waals surface area contributed by atoms with Gasteiger partial charge in [0.25, 0.3) is 0 Å². The van der Waals surface area contributed by atoms with Crippen LogP contribution in [0.5, 0.6) is 0 Å². The Balaban J connectivity index is 1.78. The zero-order chi connectivity index (χ0) is 12.1. The maximum absolute atomic E-state index is 6.07. The molecule has 0 amide bonds. The summed E-state index contributed by atoms with van der Waals surface area (Å²) in [6, 6.07) is 9.97. The van der Waals surface area contributed by atoms with Crippen molar-refractivity contribution in [3.05, 3.63) is 35.9 Å². The van der Waals surface area contributed by atoms with E-state index in [0.717, 1.165) is 31.2 Å². The van der Waals surface area contributed by atoms with Crippen LogP contribution in [0.4, 0.5) is 0 Å². The summed E-state index contributed by atoms with van der Waals surface area (Å²) in [6.07, 6.45) is 6.01. The van der Waals surface area contributed by atoms with E-state index in [0.29, 0.717) is 0 Å². The molecule has 2 rings (SSSR count). The highest BCUT2D eigenvalue weighted by atomic mass is 16.6. The Bertz CT molecular complexity index is 363. The fourth-order valence-corrected chi connectivity index (χ4v) is 2.07. The van der Waals surface area contributed by atoms with Gasteiger partial charge in [-0.15, -0.1) is 0 Å². The summed E-state index contributed by atoms with van der Waals surface area (Å²) in [5.74, 6) is 0. The summed E-state index contributed by atoms with van der Waals surface area (Å²) in [5.41, 5.74) is 7.12. The van der Waals surface area contributed by atoms with Gasteiger partial charge in [-0.1, -0.05) is 35.5 Å². The molecule has 17 heavy (non-hydrogen) atoms. The van der Waals surface area contributed by atoms with E-state index in [1.165, 1.54) is 0 Å². The average molecular weight is 232 g/mol. The molecular weight excluding hydrogens is 212 g/mol. The van der Waals surface area contributed by atoms with E-state index in [9.17, 15) is 0 Å². The van der Waals surface area contributed by atoms with Crippen LogP contribution < -0.4 is 5.73 Å². The van der Waals surface area contributed by atoms with Crippen LogP contribution in [0, 0.1) is 0 Å². The van der Waals surface area contributed by atoms with Crippen LogP contribution in [-0.4, -0.2) is 17.9 Å². The largest absolute Gasteiger partial charge is 0.392 e. The molecule has 0 aromatic heterocycles. The third-order valence-electron chi connectivity index (χ3n) is 3.29. The molecule has 0 saturated heterocycles. The van der Waals surface area contributed by atoms with Crippen LogP contribution in [0.1, 0.15) is 38.2 Å². The van der Waals surface area contributed by atoms with Gasteiger partial charge in [0.2, 0.25) is 0 Å². The lowest BCUT2D eigenvalue weighted by atomic mass is 9.83. The molecular formula is C14H20N2O. The van der Waals surface area contributed by atoms with Crippen LogP contribution in [0.15, 0.2) is 35.5 Å². The minimum Gasteiger partial charge on any atom is -0.392 e. The van der Waals surface area contributed by atoms with E-state index >= 15 is 0 Å². The predicted molar refractivity (Wildman–Crippen MR) is 70.0 cm³/mol. The van der Waals surface area contributed by atoms with Crippen molar-refractivity contribution in [2.45, 2.75) is 44.2 Å². The Morgan fingerprint density at radius 1 is 1.29 bits per heavy atom. The summed E-state index contributed by atoms with van der Waals surface area (Å²) in [6.45, 7) is 2.11. The van der Waals surface area contributed by atoms with E-state index in [1.54, 1.807) is 6.21 Å². The van der Waals surface area contributed by atoms with Gasteiger partial charge in [0.1, 0.15) is 6.10 Å². The fourth-order valence-electron chi connectivity index (χ4n) is 2.07. The first kappa shape index (κ1) is 12.1. The van der Waals surface area contributed by atoms with Gasteiger partial charge in [-0.2, -0.15) is 0 Å². The zero-order valence-corrected chi connectivity index (χ0v) is 10.3. The molecule has 92 valence electrons. The molecule has 0 heterocycles. The Hall–Kier alpha value is -1.35. The average Bonchev–Trinajstić information content (AvgIpc) is 2.33. The highest BCUT2D eigenvalue weighted by Crippen LogP contribution is 2.27. The monoisotopic (exact) mass is 232 g/mol. The van der Waals surface area contributed by atoms with Gasteiger partial charge in [0.05, 0.1) is 6.21 Å². The van der Waals surface area contributed by atoms with Crippen molar-refractivity contribution >= 4 is 6.21 Å². The molecule has 1 aliphatic carbocycles. The van der Waals surface area contributed by atoms with Crippen LogP contribution in [0.25, 0.3) is 0 Å². The lowest BCUT2D eigenvalue weighted by Gasteiger charge is -2.32. The van der Waals surface area contributed by atoms with E-state index < -0.39 is 0 Å². The summed E-state index contributed by atoms with van der Waals surface area (Å²) >= 11 is 0. The van der Waals surface area contributed by atoms with Crippen molar-refractivity contribution in [1.82, 2.24) is 0 Å². The number of rotatable bonds is 3. The predicted octanol–water partition coefficient (Wildman–Crippen LogP) is 2.70. The van der Waals surface area contributed by atoms with Crippen LogP contribution in [0.3, 0.4) is 0 Å². The smallest absolute Gasteiger partial charge is 0.127 e. The molecule has 1 fully saturated rings. The normalized spacial score (nSPS) is 29.4. The summed E-state index contributed by atoms with van der Waals surface area (Å²) in [4.78, 5) is 5.49. The number of oxime groups is 1. The first-order valence-corrected chi connectivity index (χ1v) is 6.19. The van der Waals surface area contributed by atoms with Gasteiger partial charge in [-0.25, -0.2) is 0 Å². The highest BCUT2D eigenvalue weighted by molar-refractivity contribution is 5.78. The first-order chi connectivity index (χ1) is 8.16. The topological polar surface area (TPSA) is 47.6 Å².